The van der Waals surface area contributed by atoms with Crippen molar-refractivity contribution in [3.05, 3.63) is 170 Å². The summed E-state index contributed by atoms with van der Waals surface area (Å²) < 4.78 is 3.59. The number of fused-ring (bicyclic) bond motifs is 4. The molecular weight excluding hydrogens is 673 g/mol. The second-order valence-electron chi connectivity index (χ2n) is 12.7. The van der Waals surface area contributed by atoms with E-state index >= 15 is 0 Å². The number of hydrogen-bond acceptors (Lipinski definition) is 6. The van der Waals surface area contributed by atoms with Gasteiger partial charge in [-0.1, -0.05) is 152 Å². The maximum atomic E-state index is 5.14. The zero-order valence-corrected chi connectivity index (χ0v) is 29.4. The van der Waals surface area contributed by atoms with E-state index in [1.807, 2.05) is 42.5 Å². The fourth-order valence-electron chi connectivity index (χ4n) is 6.78. The summed E-state index contributed by atoms with van der Waals surface area (Å²) in [6.45, 7) is 0. The molecule has 0 aliphatic heterocycles. The van der Waals surface area contributed by atoms with Gasteiger partial charge in [0.2, 0.25) is 0 Å². The first-order valence-electron chi connectivity index (χ1n) is 17.1. The molecule has 0 aliphatic carbocycles. The van der Waals surface area contributed by atoms with Gasteiger partial charge in [0, 0.05) is 42.4 Å². The van der Waals surface area contributed by atoms with E-state index in [-0.39, 0.29) is 0 Å². The molecule has 0 amide bonds. The minimum atomic E-state index is 0.643. The second-order valence-corrected chi connectivity index (χ2v) is 14.8. The zero-order valence-electron chi connectivity index (χ0n) is 27.8. The van der Waals surface area contributed by atoms with Gasteiger partial charge >= 0.3 is 0 Å². The van der Waals surface area contributed by atoms with Crippen LogP contribution in [0.15, 0.2) is 170 Å². The van der Waals surface area contributed by atoms with Crippen LogP contribution in [0.2, 0.25) is 0 Å². The number of nitrogens with zero attached hydrogens (tertiary/aromatic N) is 4. The molecular formula is C46H28N4S2. The monoisotopic (exact) mass is 700 g/mol. The molecule has 10 rings (SSSR count). The van der Waals surface area contributed by atoms with Crippen molar-refractivity contribution in [1.29, 1.82) is 0 Å². The summed E-state index contributed by atoms with van der Waals surface area (Å²) in [5, 5.41) is 3.32. The summed E-state index contributed by atoms with van der Waals surface area (Å²) >= 11 is 3.54. The highest BCUT2D eigenvalue weighted by molar-refractivity contribution is 7.26. The molecule has 0 unspecified atom stereocenters. The van der Waals surface area contributed by atoms with E-state index in [1.165, 1.54) is 30.8 Å². The lowest BCUT2D eigenvalue weighted by Crippen LogP contribution is -2.00. The van der Waals surface area contributed by atoms with Gasteiger partial charge in [-0.3, -0.25) is 0 Å². The molecule has 0 aliphatic rings. The Hall–Kier alpha value is -6.34. The summed E-state index contributed by atoms with van der Waals surface area (Å²) in [5.74, 6) is 1.94. The van der Waals surface area contributed by atoms with E-state index in [0.29, 0.717) is 17.5 Å². The van der Waals surface area contributed by atoms with Crippen molar-refractivity contribution in [3.8, 4) is 67.0 Å². The Morgan fingerprint density at radius 2 is 0.827 bits per heavy atom. The highest BCUT2D eigenvalue weighted by Gasteiger charge is 2.18. The van der Waals surface area contributed by atoms with E-state index in [0.717, 1.165) is 49.1 Å². The molecule has 3 heterocycles. The van der Waals surface area contributed by atoms with Crippen LogP contribution in [0.5, 0.6) is 0 Å². The maximum absolute atomic E-state index is 5.14. The van der Waals surface area contributed by atoms with Crippen molar-refractivity contribution in [2.75, 3.05) is 0 Å². The van der Waals surface area contributed by atoms with Crippen LogP contribution in [0.4, 0.5) is 0 Å². The molecule has 0 spiro atoms. The van der Waals surface area contributed by atoms with Gasteiger partial charge in [-0.25, -0.2) is 19.9 Å². The van der Waals surface area contributed by atoms with E-state index < -0.39 is 0 Å². The molecule has 0 saturated carbocycles. The quantitative estimate of drug-likeness (QED) is 0.173. The lowest BCUT2D eigenvalue weighted by Gasteiger charge is -2.10. The van der Waals surface area contributed by atoms with Crippen molar-refractivity contribution >= 4 is 53.1 Å². The third-order valence-electron chi connectivity index (χ3n) is 9.40. The normalized spacial score (nSPS) is 11.5. The molecule has 52 heavy (non-hydrogen) atoms. The van der Waals surface area contributed by atoms with Crippen molar-refractivity contribution < 1.29 is 0 Å². The molecule has 244 valence electrons. The first-order valence-corrected chi connectivity index (χ1v) is 18.8. The predicted octanol–water partition coefficient (Wildman–Crippen LogP) is 12.9. The number of rotatable bonds is 6. The Labute approximate surface area is 308 Å². The molecule has 6 heteroatoms. The van der Waals surface area contributed by atoms with Gasteiger partial charge in [0.25, 0.3) is 0 Å². The SMILES string of the molecule is c1ccc(-c2ccc(-c3nc(-c4ccccc4)nc(-c4cccc5sc6cc7sc(-c8ccc(-c9ccccc9)cc8)nc7cc6c45)n3)cc2)cc1. The molecule has 0 bridgehead atoms. The highest BCUT2D eigenvalue weighted by Crippen LogP contribution is 2.43. The van der Waals surface area contributed by atoms with Crippen LogP contribution in [0.25, 0.3) is 97.4 Å². The van der Waals surface area contributed by atoms with Crippen LogP contribution in [-0.2, 0) is 0 Å². The Balaban J connectivity index is 1.09. The molecule has 3 aromatic heterocycles. The molecule has 0 atom stereocenters. The summed E-state index contributed by atoms with van der Waals surface area (Å²) in [6.07, 6.45) is 0. The molecule has 7 aromatic carbocycles. The molecule has 0 saturated heterocycles. The third kappa shape index (κ3) is 5.55. The van der Waals surface area contributed by atoms with Gasteiger partial charge in [-0.05, 0) is 40.5 Å². The first kappa shape index (κ1) is 30.5. The van der Waals surface area contributed by atoms with Crippen LogP contribution in [-0.4, -0.2) is 19.9 Å². The summed E-state index contributed by atoms with van der Waals surface area (Å²) in [5.41, 5.74) is 9.73. The average Bonchev–Trinajstić information content (AvgIpc) is 3.81. The fourth-order valence-corrected chi connectivity index (χ4v) is 9.00. The minimum absolute atomic E-state index is 0.643. The van der Waals surface area contributed by atoms with Crippen LogP contribution < -0.4 is 0 Å². The van der Waals surface area contributed by atoms with Gasteiger partial charge in [0.1, 0.15) is 5.01 Å². The molecule has 0 radical (unpaired) electrons. The minimum Gasteiger partial charge on any atom is -0.236 e. The Morgan fingerprint density at radius 1 is 0.327 bits per heavy atom. The lowest BCUT2D eigenvalue weighted by molar-refractivity contribution is 1.08. The van der Waals surface area contributed by atoms with Gasteiger partial charge in [-0.2, -0.15) is 0 Å². The standard InChI is InChI=1S/C46H28N4S2/c1-4-11-29(12-5-1)31-19-23-34(24-20-31)44-48-43(33-15-8-3-9-16-33)49-45(50-44)36-17-10-18-39-42(36)37-27-38-41(28-40(37)51-39)52-46(47-38)35-25-21-32(22-26-35)30-13-6-2-7-14-30/h1-28H. The van der Waals surface area contributed by atoms with Crippen molar-refractivity contribution in [2.24, 2.45) is 0 Å². The second kappa shape index (κ2) is 12.8. The van der Waals surface area contributed by atoms with Crippen LogP contribution in [0.3, 0.4) is 0 Å². The van der Waals surface area contributed by atoms with E-state index in [2.05, 4.69) is 127 Å². The summed E-state index contributed by atoms with van der Waals surface area (Å²) in [4.78, 5) is 20.4. The van der Waals surface area contributed by atoms with Gasteiger partial charge in [0.15, 0.2) is 17.5 Å². The number of hydrogen-bond donors (Lipinski definition) is 0. The molecule has 10 aromatic rings. The average molecular weight is 701 g/mol. The van der Waals surface area contributed by atoms with E-state index in [9.17, 15) is 0 Å². The van der Waals surface area contributed by atoms with E-state index in [4.69, 9.17) is 19.9 Å². The Kier molecular flexibility index (Phi) is 7.48. The zero-order chi connectivity index (χ0) is 34.4. The number of benzene rings is 7. The first-order chi connectivity index (χ1) is 25.7. The maximum Gasteiger partial charge on any atom is 0.164 e. The highest BCUT2D eigenvalue weighted by atomic mass is 32.1. The molecule has 0 N–H and O–H groups in total. The van der Waals surface area contributed by atoms with Crippen molar-refractivity contribution in [1.82, 2.24) is 19.9 Å². The molecule has 0 fully saturated rings. The summed E-state index contributed by atoms with van der Waals surface area (Å²) in [6, 6.07) is 59.2. The van der Waals surface area contributed by atoms with Crippen LogP contribution in [0.1, 0.15) is 0 Å². The predicted molar refractivity (Wildman–Crippen MR) is 219 cm³/mol. The van der Waals surface area contributed by atoms with E-state index in [1.54, 1.807) is 22.7 Å². The van der Waals surface area contributed by atoms with Gasteiger partial charge < -0.3 is 0 Å². The smallest absolute Gasteiger partial charge is 0.164 e. The van der Waals surface area contributed by atoms with Gasteiger partial charge in [0.05, 0.1) is 10.2 Å². The Morgan fingerprint density at radius 3 is 1.44 bits per heavy atom. The largest absolute Gasteiger partial charge is 0.236 e. The lowest BCUT2D eigenvalue weighted by atomic mass is 10.0. The Bertz CT molecular complexity index is 2860. The third-order valence-corrected chi connectivity index (χ3v) is 11.6. The molecule has 4 nitrogen and oxygen atoms in total. The number of aromatic nitrogens is 4. The number of thiazole rings is 1. The number of thiophene rings is 1. The van der Waals surface area contributed by atoms with Gasteiger partial charge in [-0.15, -0.1) is 22.7 Å². The van der Waals surface area contributed by atoms with Crippen LogP contribution in [0, 0.1) is 0 Å². The van der Waals surface area contributed by atoms with Crippen LogP contribution >= 0.6 is 22.7 Å². The van der Waals surface area contributed by atoms with Crippen molar-refractivity contribution in [2.45, 2.75) is 0 Å². The summed E-state index contributed by atoms with van der Waals surface area (Å²) in [7, 11) is 0. The fraction of sp³-hybridized carbons (Fsp3) is 0. The van der Waals surface area contributed by atoms with Crippen molar-refractivity contribution in [3.63, 3.8) is 0 Å². The topological polar surface area (TPSA) is 51.6 Å².